The standard InChI is InChI=1S/C11H12BrN3O2/c1-6(12)4-14-8-3-9-10(2-7(8)13)17-5-11(16)15-9/h2-3,14H,1,4-5,13H2,(H,15,16). The van der Waals surface area contributed by atoms with E-state index in [1.807, 2.05) is 0 Å². The van der Waals surface area contributed by atoms with Gasteiger partial charge in [-0.15, -0.1) is 0 Å². The number of hydrogen-bond donors (Lipinski definition) is 3. The monoisotopic (exact) mass is 297 g/mol. The van der Waals surface area contributed by atoms with Crippen LogP contribution in [0.2, 0.25) is 0 Å². The van der Waals surface area contributed by atoms with Crippen molar-refractivity contribution in [1.82, 2.24) is 0 Å². The normalized spacial score (nSPS) is 13.4. The molecule has 0 aliphatic carbocycles. The number of nitrogens with two attached hydrogens (primary N) is 1. The molecule has 1 aliphatic heterocycles. The zero-order valence-electron chi connectivity index (χ0n) is 9.05. The number of amides is 1. The van der Waals surface area contributed by atoms with E-state index in [9.17, 15) is 4.79 Å². The molecule has 0 bridgehead atoms. The zero-order chi connectivity index (χ0) is 12.4. The summed E-state index contributed by atoms with van der Waals surface area (Å²) in [6.07, 6.45) is 0. The van der Waals surface area contributed by atoms with E-state index >= 15 is 0 Å². The largest absolute Gasteiger partial charge is 0.482 e. The van der Waals surface area contributed by atoms with Gasteiger partial charge in [-0.2, -0.15) is 0 Å². The highest BCUT2D eigenvalue weighted by Crippen LogP contribution is 2.35. The van der Waals surface area contributed by atoms with Crippen molar-refractivity contribution >= 4 is 38.9 Å². The Morgan fingerprint density at radius 1 is 1.65 bits per heavy atom. The van der Waals surface area contributed by atoms with Crippen molar-refractivity contribution in [2.45, 2.75) is 0 Å². The maximum absolute atomic E-state index is 11.2. The lowest BCUT2D eigenvalue weighted by atomic mass is 10.2. The third-order valence-electron chi connectivity index (χ3n) is 2.26. The molecule has 1 aromatic rings. The van der Waals surface area contributed by atoms with Gasteiger partial charge in [0.25, 0.3) is 5.91 Å². The molecule has 1 heterocycles. The summed E-state index contributed by atoms with van der Waals surface area (Å²) < 4.78 is 6.07. The van der Waals surface area contributed by atoms with Crippen LogP contribution in [0.1, 0.15) is 0 Å². The third-order valence-corrected chi connectivity index (χ3v) is 2.54. The molecule has 0 radical (unpaired) electrons. The number of carbonyl (C=O) groups excluding carboxylic acids is 1. The van der Waals surface area contributed by atoms with E-state index in [4.69, 9.17) is 10.5 Å². The fourth-order valence-electron chi connectivity index (χ4n) is 1.49. The first kappa shape index (κ1) is 11.8. The average molecular weight is 298 g/mol. The zero-order valence-corrected chi connectivity index (χ0v) is 10.6. The van der Waals surface area contributed by atoms with E-state index in [0.29, 0.717) is 23.7 Å². The molecule has 2 rings (SSSR count). The second kappa shape index (κ2) is 4.67. The summed E-state index contributed by atoms with van der Waals surface area (Å²) in [5.41, 5.74) is 7.78. The van der Waals surface area contributed by atoms with Crippen molar-refractivity contribution in [3.63, 3.8) is 0 Å². The van der Waals surface area contributed by atoms with Crippen LogP contribution in [0.3, 0.4) is 0 Å². The van der Waals surface area contributed by atoms with Crippen LogP contribution in [0, 0.1) is 0 Å². The van der Waals surface area contributed by atoms with Gasteiger partial charge >= 0.3 is 0 Å². The molecule has 4 N–H and O–H groups in total. The Bertz CT molecular complexity index is 488. The predicted molar refractivity (Wildman–Crippen MR) is 71.5 cm³/mol. The summed E-state index contributed by atoms with van der Waals surface area (Å²) in [5.74, 6) is 0.420. The van der Waals surface area contributed by atoms with E-state index in [2.05, 4.69) is 33.1 Å². The van der Waals surface area contributed by atoms with Crippen molar-refractivity contribution in [3.8, 4) is 5.75 Å². The number of halogens is 1. The Balaban J connectivity index is 2.25. The molecule has 0 aromatic heterocycles. The maximum atomic E-state index is 11.2. The first-order chi connectivity index (χ1) is 8.06. The van der Waals surface area contributed by atoms with Crippen molar-refractivity contribution in [2.24, 2.45) is 0 Å². The molecule has 1 aliphatic rings. The fraction of sp³-hybridized carbons (Fsp3) is 0.182. The molecule has 17 heavy (non-hydrogen) atoms. The minimum atomic E-state index is -0.168. The number of ether oxygens (including phenoxy) is 1. The molecule has 0 fully saturated rings. The van der Waals surface area contributed by atoms with Crippen LogP contribution in [0.4, 0.5) is 17.1 Å². The molecule has 0 saturated heterocycles. The lowest BCUT2D eigenvalue weighted by Gasteiger charge is -2.20. The lowest BCUT2D eigenvalue weighted by Crippen LogP contribution is -2.25. The Kier molecular flexibility index (Phi) is 3.23. The summed E-state index contributed by atoms with van der Waals surface area (Å²) in [4.78, 5) is 11.2. The topological polar surface area (TPSA) is 76.4 Å². The van der Waals surface area contributed by atoms with Gasteiger partial charge in [0.15, 0.2) is 6.61 Å². The summed E-state index contributed by atoms with van der Waals surface area (Å²) in [5, 5.41) is 5.82. The van der Waals surface area contributed by atoms with Crippen molar-refractivity contribution in [1.29, 1.82) is 0 Å². The van der Waals surface area contributed by atoms with E-state index < -0.39 is 0 Å². The van der Waals surface area contributed by atoms with Gasteiger partial charge in [0.1, 0.15) is 5.75 Å². The minimum Gasteiger partial charge on any atom is -0.482 e. The molecule has 0 atom stereocenters. The first-order valence-corrected chi connectivity index (χ1v) is 5.79. The summed E-state index contributed by atoms with van der Waals surface area (Å²) in [6, 6.07) is 3.44. The number of nitrogens with one attached hydrogen (secondary N) is 2. The summed E-state index contributed by atoms with van der Waals surface area (Å²) in [7, 11) is 0. The van der Waals surface area contributed by atoms with Gasteiger partial charge in [-0.05, 0) is 6.07 Å². The van der Waals surface area contributed by atoms with Crippen molar-refractivity contribution in [3.05, 3.63) is 23.2 Å². The first-order valence-electron chi connectivity index (χ1n) is 4.99. The second-order valence-electron chi connectivity index (χ2n) is 3.64. The Hall–Kier alpha value is -1.69. The molecule has 0 saturated carbocycles. The summed E-state index contributed by atoms with van der Waals surface area (Å²) in [6.45, 7) is 4.30. The van der Waals surface area contributed by atoms with Crippen LogP contribution in [0.25, 0.3) is 0 Å². The molecule has 5 nitrogen and oxygen atoms in total. The number of nitrogen functional groups attached to an aromatic ring is 1. The van der Waals surface area contributed by atoms with Gasteiger partial charge in [0, 0.05) is 17.1 Å². The van der Waals surface area contributed by atoms with E-state index in [0.717, 1.165) is 10.2 Å². The minimum absolute atomic E-state index is 0.0252. The predicted octanol–water partition coefficient (Wildman–Crippen LogP) is 1.92. The van der Waals surface area contributed by atoms with Crippen LogP contribution < -0.4 is 21.1 Å². The smallest absolute Gasteiger partial charge is 0.262 e. The van der Waals surface area contributed by atoms with Crippen molar-refractivity contribution < 1.29 is 9.53 Å². The van der Waals surface area contributed by atoms with E-state index in [1.54, 1.807) is 12.1 Å². The molecular weight excluding hydrogens is 286 g/mol. The van der Waals surface area contributed by atoms with E-state index in [-0.39, 0.29) is 12.5 Å². The highest BCUT2D eigenvalue weighted by molar-refractivity contribution is 9.11. The number of benzene rings is 1. The molecular formula is C11H12BrN3O2. The van der Waals surface area contributed by atoms with Gasteiger partial charge in [-0.1, -0.05) is 22.5 Å². The number of anilines is 3. The highest BCUT2D eigenvalue weighted by Gasteiger charge is 2.17. The fourth-order valence-corrected chi connectivity index (χ4v) is 1.63. The SMILES string of the molecule is C=C(Br)CNc1cc2c(cc1N)OCC(=O)N2. The molecule has 1 amide bonds. The van der Waals surface area contributed by atoms with E-state index in [1.165, 1.54) is 0 Å². The average Bonchev–Trinajstić information content (AvgIpc) is 2.26. The van der Waals surface area contributed by atoms with Gasteiger partial charge in [-0.25, -0.2) is 0 Å². The highest BCUT2D eigenvalue weighted by atomic mass is 79.9. The second-order valence-corrected chi connectivity index (χ2v) is 4.76. The van der Waals surface area contributed by atoms with Gasteiger partial charge < -0.3 is 21.1 Å². The van der Waals surface area contributed by atoms with Crippen LogP contribution in [-0.2, 0) is 4.79 Å². The van der Waals surface area contributed by atoms with Crippen LogP contribution in [-0.4, -0.2) is 19.1 Å². The molecule has 6 heteroatoms. The molecule has 90 valence electrons. The van der Waals surface area contributed by atoms with Gasteiger partial charge in [0.05, 0.1) is 17.1 Å². The maximum Gasteiger partial charge on any atom is 0.262 e. The number of rotatable bonds is 3. The van der Waals surface area contributed by atoms with Gasteiger partial charge in [-0.3, -0.25) is 4.79 Å². The number of carbonyl (C=O) groups is 1. The number of fused-ring (bicyclic) bond motifs is 1. The molecule has 0 spiro atoms. The Morgan fingerprint density at radius 3 is 3.12 bits per heavy atom. The Morgan fingerprint density at radius 2 is 2.41 bits per heavy atom. The lowest BCUT2D eigenvalue weighted by molar-refractivity contribution is -0.118. The Labute approximate surface area is 107 Å². The number of hydrogen-bond acceptors (Lipinski definition) is 4. The molecule has 1 aromatic carbocycles. The van der Waals surface area contributed by atoms with Crippen molar-refractivity contribution in [2.75, 3.05) is 29.5 Å². The molecule has 0 unspecified atom stereocenters. The van der Waals surface area contributed by atoms with Crippen LogP contribution >= 0.6 is 15.9 Å². The quantitative estimate of drug-likeness (QED) is 0.745. The van der Waals surface area contributed by atoms with Gasteiger partial charge in [0.2, 0.25) is 0 Å². The van der Waals surface area contributed by atoms with Crippen LogP contribution in [0.15, 0.2) is 23.2 Å². The summed E-state index contributed by atoms with van der Waals surface area (Å²) >= 11 is 3.25. The third kappa shape index (κ3) is 2.71. The van der Waals surface area contributed by atoms with Crippen LogP contribution in [0.5, 0.6) is 5.75 Å².